The summed E-state index contributed by atoms with van der Waals surface area (Å²) in [6.45, 7) is -11.8. The van der Waals surface area contributed by atoms with Crippen molar-refractivity contribution in [3.05, 3.63) is 35.9 Å². The number of aromatic nitrogens is 4. The van der Waals surface area contributed by atoms with Gasteiger partial charge in [-0.05, 0) is 18.2 Å². The van der Waals surface area contributed by atoms with Crippen molar-refractivity contribution >= 4 is 0 Å². The molecule has 0 spiro atoms. The van der Waals surface area contributed by atoms with E-state index in [4.69, 9.17) is 0 Å². The summed E-state index contributed by atoms with van der Waals surface area (Å²) in [7, 11) is 0. The van der Waals surface area contributed by atoms with Gasteiger partial charge in [-0.3, -0.25) is 0 Å². The Morgan fingerprint density at radius 1 is 0.274 bits per heavy atom. The number of rotatable bonds is 31. The maximum absolute atomic E-state index is 15.9. The van der Waals surface area contributed by atoms with E-state index in [9.17, 15) is 180 Å². The summed E-state index contributed by atoms with van der Waals surface area (Å²) in [6.07, 6.45) is -44.5. The van der Waals surface area contributed by atoms with Crippen LogP contribution in [0, 0.1) is 0 Å². The molecule has 0 aliphatic heterocycles. The molecule has 3 rings (SSSR count). The predicted molar refractivity (Wildman–Crippen MR) is 213 cm³/mol. The molecule has 0 radical (unpaired) electrons. The van der Waals surface area contributed by atoms with E-state index in [1.807, 2.05) is 0 Å². The van der Waals surface area contributed by atoms with Gasteiger partial charge in [0.1, 0.15) is 0 Å². The first-order chi connectivity index (χ1) is 41.7. The number of alkyl halides is 45. The van der Waals surface area contributed by atoms with Crippen LogP contribution in [0.1, 0.15) is 24.8 Å². The van der Waals surface area contributed by atoms with Crippen molar-refractivity contribution < 1.29 is 217 Å². The highest BCUT2D eigenvalue weighted by Gasteiger charge is 2.86. The summed E-state index contributed by atoms with van der Waals surface area (Å²) in [5.41, 5.74) is -7.94. The molecule has 8 nitrogen and oxygen atoms in total. The fourth-order valence-corrected chi connectivity index (χ4v) is 6.34. The first-order valence-corrected chi connectivity index (χ1v) is 23.0. The standard InChI is InChI=1S/C42H21F45N4O4/c43-22(44)29(57,58)31(61,62)24(47,48)1-4-92-16-10-17(93-5-2-25(49,50)32(63,64)37(73,74)40(79,80)81)89-20(88-16)13-7-14(9-15(8-13)28(55,56)35(69,70)39(77,78)42(85,86)87)21-90-18(94-6-3-26(51,52)33(65,66)38(75,76)41(82,83)84)11-19(91-21)95-12-27(53,54)34(67,68)36(71,72)30(59,60)23(45)46/h7-11,22-23H,1-6,12H2. The Morgan fingerprint density at radius 3 is 0.811 bits per heavy atom. The van der Waals surface area contributed by atoms with Gasteiger partial charge in [0, 0.05) is 16.7 Å². The van der Waals surface area contributed by atoms with E-state index in [1.54, 1.807) is 0 Å². The second-order valence-corrected chi connectivity index (χ2v) is 18.5. The molecule has 95 heavy (non-hydrogen) atoms. The molecule has 2 aromatic heterocycles. The Labute approximate surface area is 491 Å². The van der Waals surface area contributed by atoms with Gasteiger partial charge in [0.25, 0.3) is 0 Å². The SMILES string of the molecule is FC(F)C(F)(F)C(F)(F)C(F)(F)CCOc1cc(OCCC(F)(F)C(F)(F)C(F)(F)C(F)(F)F)nc(-c2cc(-c3nc(OCCC(F)(F)C(F)(F)C(F)(F)C(F)(F)F)cc(OCC(F)(F)C(F)(F)C(F)(F)C(F)(F)C(F)F)n3)cc(C(F)(F)C(F)(F)C(F)(F)C(F)(F)F)c2)n1. The fourth-order valence-electron chi connectivity index (χ4n) is 6.34. The third-order valence-corrected chi connectivity index (χ3v) is 11.8. The number of hydrogen-bond acceptors (Lipinski definition) is 8. The van der Waals surface area contributed by atoms with Crippen LogP contribution in [0.15, 0.2) is 30.3 Å². The largest absolute Gasteiger partial charge is 0.477 e. The normalized spacial score (nSPS) is 15.3. The number of ether oxygens (including phenoxy) is 4. The lowest BCUT2D eigenvalue weighted by atomic mass is 9.93. The molecule has 0 amide bonds. The highest BCUT2D eigenvalue weighted by molar-refractivity contribution is 5.69. The zero-order valence-electron chi connectivity index (χ0n) is 43.4. The maximum atomic E-state index is 15.9. The smallest absolute Gasteiger partial charge is 0.460 e. The summed E-state index contributed by atoms with van der Waals surface area (Å²) < 4.78 is 638. The van der Waals surface area contributed by atoms with E-state index in [2.05, 4.69) is 38.9 Å². The minimum absolute atomic E-state index is 0.480. The van der Waals surface area contributed by atoms with Crippen LogP contribution in [0.4, 0.5) is 198 Å². The van der Waals surface area contributed by atoms with Crippen LogP contribution in [0.5, 0.6) is 23.5 Å². The van der Waals surface area contributed by atoms with E-state index in [1.165, 1.54) is 0 Å². The molecule has 2 heterocycles. The summed E-state index contributed by atoms with van der Waals surface area (Å²) in [5.74, 6) is -133. The van der Waals surface area contributed by atoms with Gasteiger partial charge < -0.3 is 18.9 Å². The number of nitrogens with zero attached hydrogens (tertiary/aromatic N) is 4. The Bertz CT molecular complexity index is 3140. The summed E-state index contributed by atoms with van der Waals surface area (Å²) >= 11 is 0. The summed E-state index contributed by atoms with van der Waals surface area (Å²) in [6, 6.07) is -3.95. The highest BCUT2D eigenvalue weighted by Crippen LogP contribution is 2.60. The van der Waals surface area contributed by atoms with Crippen molar-refractivity contribution in [2.75, 3.05) is 26.4 Å². The lowest BCUT2D eigenvalue weighted by Gasteiger charge is -2.36. The Kier molecular flexibility index (Phi) is 22.1. The summed E-state index contributed by atoms with van der Waals surface area (Å²) in [4.78, 5) is 11.2. The monoisotopic (exact) mass is 1500 g/mol. The van der Waals surface area contributed by atoms with E-state index < -0.39 is 254 Å². The number of benzene rings is 1. The van der Waals surface area contributed by atoms with Crippen LogP contribution in [0.3, 0.4) is 0 Å². The maximum Gasteiger partial charge on any atom is 0.460 e. The lowest BCUT2D eigenvalue weighted by Crippen LogP contribution is -2.65. The van der Waals surface area contributed by atoms with Gasteiger partial charge in [-0.25, -0.2) is 17.6 Å². The molecule has 1 aromatic carbocycles. The van der Waals surface area contributed by atoms with Crippen molar-refractivity contribution in [2.24, 2.45) is 0 Å². The third-order valence-electron chi connectivity index (χ3n) is 11.8. The predicted octanol–water partition coefficient (Wildman–Crippen LogP) is 18.1. The summed E-state index contributed by atoms with van der Waals surface area (Å²) in [5, 5.41) is 0. The van der Waals surface area contributed by atoms with Crippen LogP contribution < -0.4 is 18.9 Å². The van der Waals surface area contributed by atoms with Crippen molar-refractivity contribution in [1.29, 1.82) is 0 Å². The second kappa shape index (κ2) is 25.4. The zero-order chi connectivity index (χ0) is 75.0. The van der Waals surface area contributed by atoms with Gasteiger partial charge >= 0.3 is 126 Å². The van der Waals surface area contributed by atoms with Crippen LogP contribution in [-0.4, -0.2) is 167 Å². The molecule has 0 bridgehead atoms. The molecule has 53 heteroatoms. The average Bonchev–Trinajstić information content (AvgIpc) is 0.752. The lowest BCUT2D eigenvalue weighted by molar-refractivity contribution is -0.399. The van der Waals surface area contributed by atoms with Crippen molar-refractivity contribution in [2.45, 2.75) is 145 Å². The molecule has 548 valence electrons. The molecular formula is C42H21F45N4O4. The van der Waals surface area contributed by atoms with E-state index in [-0.39, 0.29) is 0 Å². The molecular weight excluding hydrogens is 1480 g/mol. The zero-order valence-corrected chi connectivity index (χ0v) is 43.4. The molecule has 3 aromatic rings. The Hall–Kier alpha value is -6.57. The second-order valence-electron chi connectivity index (χ2n) is 18.5. The van der Waals surface area contributed by atoms with Crippen molar-refractivity contribution in [3.63, 3.8) is 0 Å². The molecule has 0 atom stereocenters. The molecule has 0 unspecified atom stereocenters. The van der Waals surface area contributed by atoms with Gasteiger partial charge in [0.05, 0.1) is 51.2 Å². The molecule has 0 aliphatic carbocycles. The topological polar surface area (TPSA) is 88.5 Å². The minimum atomic E-state index is -8.15. The van der Waals surface area contributed by atoms with Gasteiger partial charge in [-0.1, -0.05) is 0 Å². The quantitative estimate of drug-likeness (QED) is 0.0589. The van der Waals surface area contributed by atoms with E-state index in [0.29, 0.717) is 0 Å². The first kappa shape index (κ1) is 82.7. The fraction of sp³-hybridized carbons (Fsp3) is 0.667. The highest BCUT2D eigenvalue weighted by atomic mass is 19.5. The van der Waals surface area contributed by atoms with Gasteiger partial charge in [-0.15, -0.1) is 0 Å². The van der Waals surface area contributed by atoms with Crippen LogP contribution in [-0.2, 0) is 5.92 Å². The molecule has 0 N–H and O–H groups in total. The van der Waals surface area contributed by atoms with Crippen LogP contribution in [0.2, 0.25) is 0 Å². The first-order valence-electron chi connectivity index (χ1n) is 23.0. The van der Waals surface area contributed by atoms with Gasteiger partial charge in [0.2, 0.25) is 23.5 Å². The molecule has 0 saturated carbocycles. The molecule has 0 saturated heterocycles. The Balaban J connectivity index is 2.59. The Morgan fingerprint density at radius 2 is 0.526 bits per heavy atom. The number of hydrogen-bond donors (Lipinski definition) is 0. The van der Waals surface area contributed by atoms with Crippen LogP contribution >= 0.6 is 0 Å². The van der Waals surface area contributed by atoms with Crippen LogP contribution in [0.25, 0.3) is 22.8 Å². The third kappa shape index (κ3) is 14.7. The van der Waals surface area contributed by atoms with Gasteiger partial charge in [-0.2, -0.15) is 200 Å². The number of halogens is 45. The van der Waals surface area contributed by atoms with Gasteiger partial charge in [0.15, 0.2) is 18.3 Å². The average molecular weight is 1500 g/mol. The molecule has 0 fully saturated rings. The van der Waals surface area contributed by atoms with Crippen molar-refractivity contribution in [1.82, 2.24) is 19.9 Å². The minimum Gasteiger partial charge on any atom is -0.477 e. The van der Waals surface area contributed by atoms with E-state index in [0.717, 1.165) is 0 Å². The molecule has 0 aliphatic rings. The van der Waals surface area contributed by atoms with Crippen molar-refractivity contribution in [3.8, 4) is 46.3 Å². The van der Waals surface area contributed by atoms with E-state index >= 15 is 17.6 Å².